The normalized spacial score (nSPS) is 10.4. The lowest BCUT2D eigenvalue weighted by Crippen LogP contribution is -2.28. The van der Waals surface area contributed by atoms with Crippen molar-refractivity contribution in [1.82, 2.24) is 15.5 Å². The molecule has 108 valence electrons. The number of aromatic nitrogens is 2. The fraction of sp³-hybridized carbons (Fsp3) is 0.700. The predicted molar refractivity (Wildman–Crippen MR) is 75.9 cm³/mol. The summed E-state index contributed by atoms with van der Waals surface area (Å²) in [7, 11) is 3.24. The molecule has 0 bridgehead atoms. The zero-order chi connectivity index (χ0) is 13.9. The van der Waals surface area contributed by atoms with E-state index in [9.17, 15) is 4.79 Å². The topological polar surface area (TPSA) is 85.4 Å². The van der Waals surface area contributed by atoms with Gasteiger partial charge in [-0.3, -0.25) is 4.79 Å². The van der Waals surface area contributed by atoms with E-state index in [-0.39, 0.29) is 5.91 Å². The number of carbonyl (C=O) groups excluding carboxylic acids is 1. The Morgan fingerprint density at radius 3 is 2.74 bits per heavy atom. The summed E-state index contributed by atoms with van der Waals surface area (Å²) in [5, 5.41) is 14.5. The summed E-state index contributed by atoms with van der Waals surface area (Å²) in [5.74, 6) is 0.294. The van der Waals surface area contributed by atoms with E-state index in [0.717, 1.165) is 9.47 Å². The number of hydrogen-bond donors (Lipinski definition) is 2. The molecule has 1 rings (SSSR count). The van der Waals surface area contributed by atoms with Gasteiger partial charge in [-0.05, 0) is 0 Å². The summed E-state index contributed by atoms with van der Waals surface area (Å²) in [5.41, 5.74) is 0. The van der Waals surface area contributed by atoms with Crippen LogP contribution in [0.2, 0.25) is 0 Å². The lowest BCUT2D eigenvalue weighted by atomic mass is 10.6. The van der Waals surface area contributed by atoms with Crippen LogP contribution in [0, 0.1) is 0 Å². The van der Waals surface area contributed by atoms with Crippen LogP contribution < -0.4 is 10.6 Å². The van der Waals surface area contributed by atoms with Gasteiger partial charge in [0, 0.05) is 27.3 Å². The van der Waals surface area contributed by atoms with Crippen LogP contribution in [0.3, 0.4) is 0 Å². The van der Waals surface area contributed by atoms with Crippen LogP contribution in [0.1, 0.15) is 0 Å². The van der Waals surface area contributed by atoms with Gasteiger partial charge < -0.3 is 20.1 Å². The van der Waals surface area contributed by atoms with Gasteiger partial charge in [-0.25, -0.2) is 0 Å². The van der Waals surface area contributed by atoms with Crippen molar-refractivity contribution in [3.05, 3.63) is 0 Å². The van der Waals surface area contributed by atoms with Gasteiger partial charge in [0.25, 0.3) is 0 Å². The van der Waals surface area contributed by atoms with Gasteiger partial charge in [0.15, 0.2) is 4.34 Å². The molecule has 1 amide bonds. The number of amides is 1. The quantitative estimate of drug-likeness (QED) is 0.479. The van der Waals surface area contributed by atoms with E-state index in [4.69, 9.17) is 9.47 Å². The fourth-order valence-electron chi connectivity index (χ4n) is 1.07. The van der Waals surface area contributed by atoms with Gasteiger partial charge in [0.05, 0.1) is 19.0 Å². The highest BCUT2D eigenvalue weighted by atomic mass is 32.2. The van der Waals surface area contributed by atoms with Gasteiger partial charge in [0.2, 0.25) is 11.0 Å². The Kier molecular flexibility index (Phi) is 8.47. The molecule has 0 saturated heterocycles. The number of thioether (sulfide) groups is 1. The monoisotopic (exact) mass is 306 g/mol. The van der Waals surface area contributed by atoms with Crippen LogP contribution in [0.25, 0.3) is 0 Å². The second kappa shape index (κ2) is 9.96. The number of hydrogen-bond acceptors (Lipinski definition) is 8. The summed E-state index contributed by atoms with van der Waals surface area (Å²) < 4.78 is 10.5. The van der Waals surface area contributed by atoms with Crippen LogP contribution in [0.4, 0.5) is 5.13 Å². The highest BCUT2D eigenvalue weighted by Gasteiger charge is 2.07. The highest BCUT2D eigenvalue weighted by molar-refractivity contribution is 8.01. The Morgan fingerprint density at radius 2 is 2.00 bits per heavy atom. The number of rotatable bonds is 10. The predicted octanol–water partition coefficient (Wildman–Crippen LogP) is 0.451. The average molecular weight is 306 g/mol. The molecular weight excluding hydrogens is 288 g/mol. The maximum Gasteiger partial charge on any atom is 0.230 e. The van der Waals surface area contributed by atoms with Gasteiger partial charge in [0.1, 0.15) is 0 Å². The second-order valence-corrected chi connectivity index (χ2v) is 5.62. The summed E-state index contributed by atoms with van der Waals surface area (Å²) in [4.78, 5) is 11.4. The van der Waals surface area contributed by atoms with Crippen LogP contribution in [0.15, 0.2) is 4.34 Å². The van der Waals surface area contributed by atoms with Crippen molar-refractivity contribution in [2.45, 2.75) is 4.34 Å². The highest BCUT2D eigenvalue weighted by Crippen LogP contribution is 2.24. The molecule has 0 saturated carbocycles. The molecule has 1 aromatic heterocycles. The SMILES string of the molecule is COCCNC(=O)CSc1nnc(NCCOC)s1. The minimum Gasteiger partial charge on any atom is -0.383 e. The first kappa shape index (κ1) is 16.2. The molecule has 19 heavy (non-hydrogen) atoms. The molecule has 1 aromatic rings. The molecule has 7 nitrogen and oxygen atoms in total. The first-order valence-corrected chi connectivity index (χ1v) is 7.51. The molecule has 0 fully saturated rings. The van der Waals surface area contributed by atoms with Crippen LogP contribution in [-0.2, 0) is 14.3 Å². The third-order valence-corrected chi connectivity index (χ3v) is 3.96. The average Bonchev–Trinajstić information content (AvgIpc) is 2.85. The molecule has 2 N–H and O–H groups in total. The molecule has 9 heteroatoms. The molecular formula is C10H18N4O3S2. The Morgan fingerprint density at radius 1 is 1.26 bits per heavy atom. The van der Waals surface area contributed by atoms with E-state index in [1.807, 2.05) is 0 Å². The lowest BCUT2D eigenvalue weighted by Gasteiger charge is -2.02. The Labute approximate surface area is 120 Å². The molecule has 0 spiro atoms. The van der Waals surface area contributed by atoms with Crippen molar-refractivity contribution in [1.29, 1.82) is 0 Å². The summed E-state index contributed by atoms with van der Waals surface area (Å²) >= 11 is 2.79. The number of ether oxygens (including phenoxy) is 2. The Balaban J connectivity index is 2.20. The third-order valence-electron chi connectivity index (χ3n) is 1.94. The first-order chi connectivity index (χ1) is 9.26. The molecule has 1 heterocycles. The molecule has 0 radical (unpaired) electrons. The molecule has 0 aliphatic heterocycles. The van der Waals surface area contributed by atoms with Gasteiger partial charge >= 0.3 is 0 Å². The number of nitrogens with zero attached hydrogens (tertiary/aromatic N) is 2. The van der Waals surface area contributed by atoms with Crippen LogP contribution >= 0.6 is 23.1 Å². The van der Waals surface area contributed by atoms with Crippen molar-refractivity contribution in [2.75, 3.05) is 51.6 Å². The summed E-state index contributed by atoms with van der Waals surface area (Å²) in [6, 6.07) is 0. The van der Waals surface area contributed by atoms with Gasteiger partial charge in [-0.15, -0.1) is 10.2 Å². The number of nitrogens with one attached hydrogen (secondary N) is 2. The second-order valence-electron chi connectivity index (χ2n) is 3.42. The maximum atomic E-state index is 11.4. The van der Waals surface area contributed by atoms with Crippen molar-refractivity contribution < 1.29 is 14.3 Å². The van der Waals surface area contributed by atoms with Crippen LogP contribution in [0.5, 0.6) is 0 Å². The van der Waals surface area contributed by atoms with Gasteiger partial charge in [-0.2, -0.15) is 0 Å². The van der Waals surface area contributed by atoms with E-state index < -0.39 is 0 Å². The molecule has 0 aliphatic carbocycles. The van der Waals surface area contributed by atoms with E-state index in [1.165, 1.54) is 23.1 Å². The molecule has 0 unspecified atom stereocenters. The minimum absolute atomic E-state index is 0.0360. The van der Waals surface area contributed by atoms with Gasteiger partial charge in [-0.1, -0.05) is 23.1 Å². The number of anilines is 1. The number of carbonyl (C=O) groups is 1. The fourth-order valence-corrected chi connectivity index (χ4v) is 2.68. The molecule has 0 aliphatic rings. The Bertz CT molecular complexity index is 375. The van der Waals surface area contributed by atoms with E-state index in [1.54, 1.807) is 14.2 Å². The van der Waals surface area contributed by atoms with Crippen molar-refractivity contribution in [2.24, 2.45) is 0 Å². The largest absolute Gasteiger partial charge is 0.383 e. The maximum absolute atomic E-state index is 11.4. The first-order valence-electron chi connectivity index (χ1n) is 5.71. The van der Waals surface area contributed by atoms with Crippen molar-refractivity contribution >= 4 is 34.1 Å². The van der Waals surface area contributed by atoms with E-state index in [2.05, 4.69) is 20.8 Å². The van der Waals surface area contributed by atoms with Crippen molar-refractivity contribution in [3.63, 3.8) is 0 Å². The lowest BCUT2D eigenvalue weighted by molar-refractivity contribution is -0.118. The van der Waals surface area contributed by atoms with Crippen LogP contribution in [-0.4, -0.2) is 62.4 Å². The Hall–Kier alpha value is -0.900. The van der Waals surface area contributed by atoms with E-state index >= 15 is 0 Å². The van der Waals surface area contributed by atoms with E-state index in [0.29, 0.717) is 32.1 Å². The zero-order valence-corrected chi connectivity index (χ0v) is 12.6. The summed E-state index contributed by atoms with van der Waals surface area (Å²) in [6.45, 7) is 2.34. The van der Waals surface area contributed by atoms with Crippen molar-refractivity contribution in [3.8, 4) is 0 Å². The third kappa shape index (κ3) is 7.31. The smallest absolute Gasteiger partial charge is 0.230 e. The summed E-state index contributed by atoms with van der Waals surface area (Å²) in [6.07, 6.45) is 0. The molecule has 0 atom stereocenters. The standard InChI is InChI=1S/C10H18N4O3S2/c1-16-5-3-11-8(15)7-18-10-14-13-9(19-10)12-4-6-17-2/h3-7H2,1-2H3,(H,11,15)(H,12,13). The molecule has 0 aromatic carbocycles. The minimum atomic E-state index is -0.0360. The number of methoxy groups -OCH3 is 2. The zero-order valence-electron chi connectivity index (χ0n) is 11.0.